The van der Waals surface area contributed by atoms with Crippen molar-refractivity contribution in [3.63, 3.8) is 0 Å². The van der Waals surface area contributed by atoms with Crippen LogP contribution in [-0.2, 0) is 0 Å². The Morgan fingerprint density at radius 1 is 1.19 bits per heavy atom. The third-order valence-electron chi connectivity index (χ3n) is 3.20. The number of aromatic nitrogens is 1. The molecule has 16 heavy (non-hydrogen) atoms. The van der Waals surface area contributed by atoms with Crippen LogP contribution >= 0.6 is 0 Å². The van der Waals surface area contributed by atoms with E-state index in [4.69, 9.17) is 0 Å². The average molecular weight is 220 g/mol. The Kier molecular flexibility index (Phi) is 5.47. The topological polar surface area (TPSA) is 24.9 Å². The minimum absolute atomic E-state index is 0.451. The van der Waals surface area contributed by atoms with E-state index in [2.05, 4.69) is 44.1 Å². The van der Waals surface area contributed by atoms with Crippen LogP contribution < -0.4 is 5.32 Å². The lowest BCUT2D eigenvalue weighted by atomic mass is 9.89. The van der Waals surface area contributed by atoms with E-state index in [0.29, 0.717) is 12.0 Å². The molecule has 90 valence electrons. The van der Waals surface area contributed by atoms with E-state index in [1.54, 1.807) is 0 Å². The van der Waals surface area contributed by atoms with Crippen molar-refractivity contribution in [1.29, 1.82) is 0 Å². The number of pyridine rings is 1. The fourth-order valence-electron chi connectivity index (χ4n) is 2.29. The molecule has 0 fully saturated rings. The minimum Gasteiger partial charge on any atom is -0.310 e. The molecule has 1 atom stereocenters. The predicted octanol–water partition coefficient (Wildman–Crippen LogP) is 3.48. The van der Waals surface area contributed by atoms with Crippen molar-refractivity contribution < 1.29 is 0 Å². The lowest BCUT2D eigenvalue weighted by Crippen LogP contribution is -2.28. The molecule has 1 unspecified atom stereocenters. The molecule has 0 aliphatic rings. The van der Waals surface area contributed by atoms with Gasteiger partial charge in [0.2, 0.25) is 0 Å². The van der Waals surface area contributed by atoms with Crippen LogP contribution in [0.4, 0.5) is 0 Å². The van der Waals surface area contributed by atoms with Crippen LogP contribution in [0.5, 0.6) is 0 Å². The van der Waals surface area contributed by atoms with Gasteiger partial charge in [-0.2, -0.15) is 0 Å². The molecular formula is C14H24N2. The van der Waals surface area contributed by atoms with E-state index >= 15 is 0 Å². The smallest absolute Gasteiger partial charge is 0.0363 e. The van der Waals surface area contributed by atoms with E-state index in [1.165, 1.54) is 24.0 Å². The van der Waals surface area contributed by atoms with Gasteiger partial charge in [-0.1, -0.05) is 39.7 Å². The Bertz CT molecular complexity index is 305. The van der Waals surface area contributed by atoms with Crippen LogP contribution in [-0.4, -0.2) is 11.5 Å². The average Bonchev–Trinajstić information content (AvgIpc) is 2.29. The maximum atomic E-state index is 4.30. The molecule has 1 aromatic rings. The van der Waals surface area contributed by atoms with Crippen LogP contribution in [0, 0.1) is 12.8 Å². The Morgan fingerprint density at radius 3 is 2.38 bits per heavy atom. The first-order chi connectivity index (χ1) is 7.72. The van der Waals surface area contributed by atoms with Crippen LogP contribution in [0.15, 0.2) is 18.5 Å². The molecule has 0 amide bonds. The SMILES string of the molecule is CCNC(c1cncc(C)c1)C(CC)CC. The van der Waals surface area contributed by atoms with Gasteiger partial charge in [-0.3, -0.25) is 4.98 Å². The summed E-state index contributed by atoms with van der Waals surface area (Å²) >= 11 is 0. The van der Waals surface area contributed by atoms with Gasteiger partial charge in [0, 0.05) is 18.4 Å². The molecule has 1 aromatic heterocycles. The summed E-state index contributed by atoms with van der Waals surface area (Å²) in [5, 5.41) is 3.59. The molecule has 0 saturated heterocycles. The Hall–Kier alpha value is -0.890. The van der Waals surface area contributed by atoms with Gasteiger partial charge in [0.1, 0.15) is 0 Å². The first kappa shape index (κ1) is 13.2. The van der Waals surface area contributed by atoms with Crippen molar-refractivity contribution in [2.24, 2.45) is 5.92 Å². The third-order valence-corrected chi connectivity index (χ3v) is 3.20. The summed E-state index contributed by atoms with van der Waals surface area (Å²) in [6, 6.07) is 2.70. The van der Waals surface area contributed by atoms with E-state index in [-0.39, 0.29) is 0 Å². The van der Waals surface area contributed by atoms with Gasteiger partial charge in [0.15, 0.2) is 0 Å². The van der Waals surface area contributed by atoms with Gasteiger partial charge in [-0.25, -0.2) is 0 Å². The molecule has 2 nitrogen and oxygen atoms in total. The number of hydrogen-bond donors (Lipinski definition) is 1. The number of nitrogens with one attached hydrogen (secondary N) is 1. The fraction of sp³-hybridized carbons (Fsp3) is 0.643. The van der Waals surface area contributed by atoms with Gasteiger partial charge in [-0.05, 0) is 30.5 Å². The molecule has 0 aliphatic carbocycles. The second-order valence-corrected chi connectivity index (χ2v) is 4.41. The normalized spacial score (nSPS) is 13.1. The molecule has 0 aromatic carbocycles. The summed E-state index contributed by atoms with van der Waals surface area (Å²) in [5.41, 5.74) is 2.57. The first-order valence-electron chi connectivity index (χ1n) is 6.37. The van der Waals surface area contributed by atoms with E-state index in [9.17, 15) is 0 Å². The summed E-state index contributed by atoms with van der Waals surface area (Å²) in [7, 11) is 0. The van der Waals surface area contributed by atoms with Crippen molar-refractivity contribution >= 4 is 0 Å². The van der Waals surface area contributed by atoms with Gasteiger partial charge in [0.25, 0.3) is 0 Å². The molecule has 0 spiro atoms. The number of hydrogen-bond acceptors (Lipinski definition) is 2. The summed E-state index contributed by atoms with van der Waals surface area (Å²) < 4.78 is 0. The van der Waals surface area contributed by atoms with E-state index < -0.39 is 0 Å². The molecule has 2 heteroatoms. The fourth-order valence-corrected chi connectivity index (χ4v) is 2.29. The molecule has 1 N–H and O–H groups in total. The number of aryl methyl sites for hydroxylation is 1. The lowest BCUT2D eigenvalue weighted by Gasteiger charge is -2.26. The van der Waals surface area contributed by atoms with Crippen LogP contribution in [0.1, 0.15) is 50.8 Å². The zero-order chi connectivity index (χ0) is 12.0. The summed E-state index contributed by atoms with van der Waals surface area (Å²) in [4.78, 5) is 4.30. The zero-order valence-corrected chi connectivity index (χ0v) is 11.0. The van der Waals surface area contributed by atoms with Crippen LogP contribution in [0.3, 0.4) is 0 Å². The monoisotopic (exact) mass is 220 g/mol. The Labute approximate surface area is 99.5 Å². The number of nitrogens with zero attached hydrogens (tertiary/aromatic N) is 1. The van der Waals surface area contributed by atoms with Gasteiger partial charge in [-0.15, -0.1) is 0 Å². The molecule has 0 aliphatic heterocycles. The Morgan fingerprint density at radius 2 is 1.88 bits per heavy atom. The lowest BCUT2D eigenvalue weighted by molar-refractivity contribution is 0.346. The van der Waals surface area contributed by atoms with Crippen molar-refractivity contribution in [2.45, 2.75) is 46.6 Å². The quantitative estimate of drug-likeness (QED) is 0.794. The minimum atomic E-state index is 0.451. The second kappa shape index (κ2) is 6.64. The third kappa shape index (κ3) is 3.31. The highest BCUT2D eigenvalue weighted by Crippen LogP contribution is 2.27. The standard InChI is InChI=1S/C14H24N2/c1-5-12(6-2)14(16-7-3)13-8-11(4)9-15-10-13/h8-10,12,14,16H,5-7H2,1-4H3. The molecule has 1 rings (SSSR count). The Balaban J connectivity index is 2.91. The van der Waals surface area contributed by atoms with Crippen LogP contribution in [0.2, 0.25) is 0 Å². The first-order valence-corrected chi connectivity index (χ1v) is 6.37. The van der Waals surface area contributed by atoms with Gasteiger partial charge in [0.05, 0.1) is 0 Å². The summed E-state index contributed by atoms with van der Waals surface area (Å²) in [6.07, 6.45) is 6.34. The molecule has 0 saturated carbocycles. The highest BCUT2D eigenvalue weighted by Gasteiger charge is 2.19. The van der Waals surface area contributed by atoms with E-state index in [0.717, 1.165) is 6.54 Å². The maximum absolute atomic E-state index is 4.30. The predicted molar refractivity (Wildman–Crippen MR) is 69.5 cm³/mol. The van der Waals surface area contributed by atoms with Crippen LogP contribution in [0.25, 0.3) is 0 Å². The largest absolute Gasteiger partial charge is 0.310 e. The summed E-state index contributed by atoms with van der Waals surface area (Å²) in [6.45, 7) is 9.81. The molecule has 0 radical (unpaired) electrons. The molecule has 1 heterocycles. The van der Waals surface area contributed by atoms with Gasteiger partial charge < -0.3 is 5.32 Å². The highest BCUT2D eigenvalue weighted by atomic mass is 14.9. The molecule has 0 bridgehead atoms. The van der Waals surface area contributed by atoms with Crippen molar-refractivity contribution in [3.8, 4) is 0 Å². The second-order valence-electron chi connectivity index (χ2n) is 4.41. The van der Waals surface area contributed by atoms with E-state index in [1.807, 2.05) is 12.4 Å². The number of rotatable bonds is 6. The summed E-state index contributed by atoms with van der Waals surface area (Å²) in [5.74, 6) is 0.698. The zero-order valence-electron chi connectivity index (χ0n) is 11.0. The van der Waals surface area contributed by atoms with Crippen molar-refractivity contribution in [1.82, 2.24) is 10.3 Å². The van der Waals surface area contributed by atoms with Gasteiger partial charge >= 0.3 is 0 Å². The highest BCUT2D eigenvalue weighted by molar-refractivity contribution is 5.20. The van der Waals surface area contributed by atoms with Crippen molar-refractivity contribution in [2.75, 3.05) is 6.54 Å². The van der Waals surface area contributed by atoms with Crippen molar-refractivity contribution in [3.05, 3.63) is 29.6 Å². The molecular weight excluding hydrogens is 196 g/mol. The maximum Gasteiger partial charge on any atom is 0.0363 e.